The topological polar surface area (TPSA) is 82.1 Å². The molecule has 0 saturated carbocycles. The second kappa shape index (κ2) is 7.96. The van der Waals surface area contributed by atoms with E-state index in [1.807, 2.05) is 6.07 Å². The predicted molar refractivity (Wildman–Crippen MR) is 87.8 cm³/mol. The second-order valence-corrected chi connectivity index (χ2v) is 6.27. The lowest BCUT2D eigenvalue weighted by Gasteiger charge is -2.05. The molecule has 3 aromatic rings. The third kappa shape index (κ3) is 4.17. The highest BCUT2D eigenvalue weighted by atomic mass is 32.2. The number of anilines is 1. The summed E-state index contributed by atoms with van der Waals surface area (Å²) in [5.74, 6) is -2.74. The van der Waals surface area contributed by atoms with Crippen LogP contribution in [0, 0.1) is 11.6 Å². The Kier molecular flexibility index (Phi) is 5.47. The van der Waals surface area contributed by atoms with E-state index in [1.54, 1.807) is 24.3 Å². The first-order valence-corrected chi connectivity index (χ1v) is 8.55. The lowest BCUT2D eigenvalue weighted by atomic mass is 10.3. The van der Waals surface area contributed by atoms with E-state index in [4.69, 9.17) is 0 Å². The van der Waals surface area contributed by atoms with Crippen molar-refractivity contribution >= 4 is 23.4 Å². The summed E-state index contributed by atoms with van der Waals surface area (Å²) in [5.41, 5.74) is 0.819. The van der Waals surface area contributed by atoms with E-state index >= 15 is 0 Å². The lowest BCUT2D eigenvalue weighted by molar-refractivity contribution is -0.705. The normalized spacial score (nSPS) is 10.7. The maximum Gasteiger partial charge on any atom is 0.297 e. The van der Waals surface area contributed by atoms with Crippen molar-refractivity contribution in [3.8, 4) is 11.6 Å². The van der Waals surface area contributed by atoms with Crippen LogP contribution in [-0.4, -0.2) is 16.9 Å². The van der Waals surface area contributed by atoms with Crippen molar-refractivity contribution < 1.29 is 27.9 Å². The van der Waals surface area contributed by atoms with E-state index in [2.05, 4.69) is 15.1 Å². The summed E-state index contributed by atoms with van der Waals surface area (Å²) >= 11 is 1.12. The summed E-state index contributed by atoms with van der Waals surface area (Å²) in [6.07, 6.45) is 0.0586. The highest BCUT2D eigenvalue weighted by Gasteiger charge is 2.21. The number of carbonyl (C=O) groups is 1. The van der Waals surface area contributed by atoms with Crippen LogP contribution in [0.25, 0.3) is 5.69 Å². The summed E-state index contributed by atoms with van der Waals surface area (Å²) in [7, 11) is 0. The van der Waals surface area contributed by atoms with Crippen LogP contribution in [0.2, 0.25) is 0 Å². The Balaban J connectivity index is 1.59. The first kappa shape index (κ1) is 17.9. The minimum Gasteiger partial charge on any atom is -0.538 e. The predicted octanol–water partition coefficient (Wildman–Crippen LogP) is 2.42. The number of benzene rings is 2. The molecule has 0 unspecified atom stereocenters. The molecule has 2 aromatic carbocycles. The van der Waals surface area contributed by atoms with Crippen LogP contribution in [0.5, 0.6) is 5.95 Å². The van der Waals surface area contributed by atoms with Crippen LogP contribution < -0.4 is 15.1 Å². The molecular weight excluding hydrogens is 364 g/mol. The van der Waals surface area contributed by atoms with Crippen molar-refractivity contribution in [1.82, 2.24) is 5.27 Å². The van der Waals surface area contributed by atoms with Gasteiger partial charge in [0.15, 0.2) is 17.6 Å². The van der Waals surface area contributed by atoms with Crippen molar-refractivity contribution in [3.63, 3.8) is 0 Å². The fraction of sp³-hybridized carbons (Fsp3) is 0.118. The maximum absolute atomic E-state index is 13.1. The zero-order valence-electron chi connectivity index (χ0n) is 13.3. The molecular formula is C17H13F2N3O3S. The van der Waals surface area contributed by atoms with Gasteiger partial charge in [-0.3, -0.25) is 4.79 Å². The lowest BCUT2D eigenvalue weighted by Crippen LogP contribution is -2.34. The number of hydrogen-bond acceptors (Lipinski definition) is 5. The van der Waals surface area contributed by atoms with E-state index in [0.717, 1.165) is 23.9 Å². The number of para-hydroxylation sites is 1. The van der Waals surface area contributed by atoms with E-state index in [1.165, 1.54) is 10.7 Å². The summed E-state index contributed by atoms with van der Waals surface area (Å²) in [5, 5.41) is 18.2. The second-order valence-electron chi connectivity index (χ2n) is 5.19. The third-order valence-electron chi connectivity index (χ3n) is 3.34. The standard InChI is InChI=1S/C17H13F2N3O3S/c18-13-7-6-11(10-14(13)19)20-15(23)8-9-26-16-17(24)25-21-22(16)12-4-2-1-3-5-12/h1-7,10H,8-9H2,(H-,20,21,23,24). The minimum absolute atomic E-state index is 0.0586. The molecule has 0 radical (unpaired) electrons. The Morgan fingerprint density at radius 3 is 2.69 bits per heavy atom. The third-order valence-corrected chi connectivity index (χ3v) is 4.37. The molecule has 1 heterocycles. The van der Waals surface area contributed by atoms with Crippen LogP contribution in [0.15, 0.2) is 58.1 Å². The molecule has 1 amide bonds. The molecule has 0 bridgehead atoms. The van der Waals surface area contributed by atoms with Gasteiger partial charge in [0.05, 0.1) is 5.27 Å². The number of hydrogen-bond donors (Lipinski definition) is 1. The Bertz CT molecular complexity index is 919. The van der Waals surface area contributed by atoms with E-state index < -0.39 is 23.5 Å². The molecule has 1 N–H and O–H groups in total. The van der Waals surface area contributed by atoms with Crippen molar-refractivity contribution in [1.29, 1.82) is 0 Å². The van der Waals surface area contributed by atoms with Crippen LogP contribution in [0.4, 0.5) is 14.5 Å². The molecule has 0 aliphatic heterocycles. The van der Waals surface area contributed by atoms with Crippen LogP contribution >= 0.6 is 11.8 Å². The Hall–Kier alpha value is -2.94. The van der Waals surface area contributed by atoms with E-state index in [0.29, 0.717) is 5.69 Å². The molecule has 6 nitrogen and oxygen atoms in total. The van der Waals surface area contributed by atoms with Gasteiger partial charge in [-0.15, -0.1) is 0 Å². The number of halogens is 2. The first-order valence-electron chi connectivity index (χ1n) is 7.57. The molecule has 0 fully saturated rings. The number of amides is 1. The van der Waals surface area contributed by atoms with Gasteiger partial charge in [0.25, 0.3) is 5.03 Å². The SMILES string of the molecule is O=C(CCSc1c([O-])on[n+]1-c1ccccc1)Nc1ccc(F)c(F)c1. The van der Waals surface area contributed by atoms with E-state index in [-0.39, 0.29) is 22.9 Å². The van der Waals surface area contributed by atoms with Crippen molar-refractivity contribution in [3.05, 3.63) is 60.2 Å². The highest BCUT2D eigenvalue weighted by molar-refractivity contribution is 7.99. The Labute approximate surface area is 151 Å². The number of rotatable bonds is 6. The number of nitrogens with one attached hydrogen (secondary N) is 1. The molecule has 1 aromatic heterocycles. The molecule has 0 atom stereocenters. The first-order chi connectivity index (χ1) is 12.5. The smallest absolute Gasteiger partial charge is 0.297 e. The van der Waals surface area contributed by atoms with Crippen molar-refractivity contribution in [2.45, 2.75) is 11.4 Å². The molecule has 3 rings (SSSR count). The maximum atomic E-state index is 13.1. The fourth-order valence-corrected chi connectivity index (χ4v) is 3.03. The summed E-state index contributed by atoms with van der Waals surface area (Å²) in [4.78, 5) is 11.9. The molecule has 9 heteroatoms. The Morgan fingerprint density at radius 2 is 1.96 bits per heavy atom. The molecule has 0 spiro atoms. The molecule has 134 valence electrons. The number of carbonyl (C=O) groups excluding carboxylic acids is 1. The van der Waals surface area contributed by atoms with Gasteiger partial charge in [-0.2, -0.15) is 0 Å². The summed E-state index contributed by atoms with van der Waals surface area (Å²) in [6, 6.07) is 12.1. The average Bonchev–Trinajstić information content (AvgIpc) is 3.00. The van der Waals surface area contributed by atoms with Gasteiger partial charge < -0.3 is 14.9 Å². The number of nitrogens with zero attached hydrogens (tertiary/aromatic N) is 2. The average molecular weight is 377 g/mol. The van der Waals surface area contributed by atoms with Gasteiger partial charge >= 0.3 is 0 Å². The van der Waals surface area contributed by atoms with Gasteiger partial charge in [-0.25, -0.2) is 8.78 Å². The van der Waals surface area contributed by atoms with Crippen molar-refractivity contribution in [2.75, 3.05) is 11.1 Å². The molecule has 0 saturated heterocycles. The van der Waals surface area contributed by atoms with Gasteiger partial charge in [0.2, 0.25) is 11.6 Å². The van der Waals surface area contributed by atoms with Gasteiger partial charge in [-0.05, 0) is 16.8 Å². The van der Waals surface area contributed by atoms with E-state index in [9.17, 15) is 18.7 Å². The Morgan fingerprint density at radius 1 is 1.19 bits per heavy atom. The van der Waals surface area contributed by atoms with Gasteiger partial charge in [0, 0.05) is 36.1 Å². The minimum atomic E-state index is -1.04. The summed E-state index contributed by atoms with van der Waals surface area (Å²) < 4.78 is 32.1. The van der Waals surface area contributed by atoms with Crippen LogP contribution in [0.1, 0.15) is 6.42 Å². The number of thioether (sulfide) groups is 1. The van der Waals surface area contributed by atoms with Crippen molar-refractivity contribution in [2.24, 2.45) is 0 Å². The summed E-state index contributed by atoms with van der Waals surface area (Å²) in [6.45, 7) is 0. The molecule has 0 aliphatic rings. The number of aromatic nitrogens is 2. The molecule has 26 heavy (non-hydrogen) atoms. The largest absolute Gasteiger partial charge is 0.538 e. The monoisotopic (exact) mass is 377 g/mol. The van der Waals surface area contributed by atoms with Crippen LogP contribution in [0.3, 0.4) is 0 Å². The zero-order chi connectivity index (χ0) is 18.5. The van der Waals surface area contributed by atoms with Crippen LogP contribution in [-0.2, 0) is 4.79 Å². The van der Waals surface area contributed by atoms with Gasteiger partial charge in [-0.1, -0.05) is 30.0 Å². The molecule has 0 aliphatic carbocycles. The van der Waals surface area contributed by atoms with Gasteiger partial charge in [0.1, 0.15) is 0 Å². The zero-order valence-corrected chi connectivity index (χ0v) is 14.1. The fourth-order valence-electron chi connectivity index (χ4n) is 2.13. The highest BCUT2D eigenvalue weighted by Crippen LogP contribution is 2.24. The quantitative estimate of drug-likeness (QED) is 0.527.